The monoisotopic (exact) mass is 149 g/mol. The summed E-state index contributed by atoms with van der Waals surface area (Å²) in [5.41, 5.74) is 0.883. The van der Waals surface area contributed by atoms with Crippen LogP contribution < -0.4 is 10.2 Å². The Balaban J connectivity index is 2.61. The molecule has 0 unspecified atom stereocenters. The van der Waals surface area contributed by atoms with Crippen molar-refractivity contribution in [2.24, 2.45) is 0 Å². The average Bonchev–Trinajstić information content (AvgIpc) is 2.34. The molecule has 1 aliphatic heterocycles. The van der Waals surface area contributed by atoms with Crippen molar-refractivity contribution in [2.75, 3.05) is 0 Å². The Labute approximate surface area is 61.2 Å². The molecule has 0 radical (unpaired) electrons. The maximum absolute atomic E-state index is 11.0. The SMILES string of the molecule is O=C1N[SiH2]c2ccccc21. The molecule has 0 aliphatic carbocycles. The topological polar surface area (TPSA) is 29.1 Å². The van der Waals surface area contributed by atoms with Gasteiger partial charge in [0.25, 0.3) is 0 Å². The first-order valence-electron chi connectivity index (χ1n) is 3.24. The van der Waals surface area contributed by atoms with Crippen molar-refractivity contribution in [1.29, 1.82) is 0 Å². The summed E-state index contributed by atoms with van der Waals surface area (Å²) in [6, 6.07) is 7.79. The molecule has 0 aromatic heterocycles. The standard InChI is InChI=1S/C7H7NOSi/c9-7-5-3-1-2-4-6(5)10-8-7/h1-4H,10H2,(H,8,9). The summed E-state index contributed by atoms with van der Waals surface area (Å²) in [5.74, 6) is 0.113. The molecule has 2 nitrogen and oxygen atoms in total. The molecule has 0 spiro atoms. The van der Waals surface area contributed by atoms with E-state index in [-0.39, 0.29) is 5.91 Å². The average molecular weight is 149 g/mol. The van der Waals surface area contributed by atoms with E-state index < -0.39 is 9.68 Å². The van der Waals surface area contributed by atoms with Crippen molar-refractivity contribution in [2.45, 2.75) is 0 Å². The van der Waals surface area contributed by atoms with Gasteiger partial charge in [-0.3, -0.25) is 4.79 Å². The molecular formula is C7H7NOSi. The second-order valence-electron chi connectivity index (χ2n) is 2.34. The molecule has 50 valence electrons. The number of nitrogens with one attached hydrogen (secondary N) is 1. The third kappa shape index (κ3) is 0.674. The number of carbonyl (C=O) groups excluding carboxylic acids is 1. The van der Waals surface area contributed by atoms with Crippen LogP contribution in [0.3, 0.4) is 0 Å². The van der Waals surface area contributed by atoms with Gasteiger partial charge in [0.05, 0.1) is 0 Å². The van der Waals surface area contributed by atoms with Gasteiger partial charge in [-0.05, 0) is 11.3 Å². The Morgan fingerprint density at radius 1 is 1.30 bits per heavy atom. The predicted octanol–water partition coefficient (Wildman–Crippen LogP) is -0.861. The smallest absolute Gasteiger partial charge is 0.243 e. The van der Waals surface area contributed by atoms with E-state index in [0.717, 1.165) is 5.56 Å². The fourth-order valence-electron chi connectivity index (χ4n) is 1.17. The minimum absolute atomic E-state index is 0.113. The third-order valence-electron chi connectivity index (χ3n) is 1.70. The highest BCUT2D eigenvalue weighted by atomic mass is 28.2. The highest BCUT2D eigenvalue weighted by Gasteiger charge is 2.16. The Morgan fingerprint density at radius 3 is 2.90 bits per heavy atom. The van der Waals surface area contributed by atoms with Gasteiger partial charge >= 0.3 is 0 Å². The zero-order valence-corrected chi connectivity index (χ0v) is 6.84. The second-order valence-corrected chi connectivity index (χ2v) is 3.81. The van der Waals surface area contributed by atoms with Gasteiger partial charge < -0.3 is 4.98 Å². The zero-order chi connectivity index (χ0) is 6.97. The van der Waals surface area contributed by atoms with Crippen LogP contribution in [0, 0.1) is 0 Å². The van der Waals surface area contributed by atoms with Gasteiger partial charge in [-0.15, -0.1) is 0 Å². The van der Waals surface area contributed by atoms with Gasteiger partial charge in [0.1, 0.15) is 0 Å². The number of rotatable bonds is 0. The molecule has 0 saturated heterocycles. The first-order chi connectivity index (χ1) is 4.88. The molecule has 1 amide bonds. The number of hydrogen-bond acceptors (Lipinski definition) is 1. The summed E-state index contributed by atoms with van der Waals surface area (Å²) in [5, 5.41) is 1.24. The Morgan fingerprint density at radius 2 is 2.10 bits per heavy atom. The van der Waals surface area contributed by atoms with E-state index in [4.69, 9.17) is 0 Å². The van der Waals surface area contributed by atoms with E-state index in [1.54, 1.807) is 0 Å². The molecule has 1 aromatic carbocycles. The number of hydrogen-bond donors (Lipinski definition) is 1. The highest BCUT2D eigenvalue weighted by molar-refractivity contribution is 6.60. The van der Waals surface area contributed by atoms with Crippen LogP contribution >= 0.6 is 0 Å². The summed E-state index contributed by atoms with van der Waals surface area (Å²) in [4.78, 5) is 13.9. The fraction of sp³-hybridized carbons (Fsp3) is 0. The van der Waals surface area contributed by atoms with Crippen LogP contribution in [0.2, 0.25) is 0 Å². The van der Waals surface area contributed by atoms with E-state index in [1.807, 2.05) is 24.3 Å². The van der Waals surface area contributed by atoms with Gasteiger partial charge in [-0.1, -0.05) is 18.2 Å². The maximum Gasteiger partial charge on any atom is 0.243 e. The third-order valence-corrected chi connectivity index (χ3v) is 3.20. The fourth-order valence-corrected chi connectivity index (χ4v) is 2.43. The van der Waals surface area contributed by atoms with Gasteiger partial charge in [-0.25, -0.2) is 0 Å². The largest absolute Gasteiger partial charge is 0.379 e. The second kappa shape index (κ2) is 1.95. The van der Waals surface area contributed by atoms with Gasteiger partial charge in [0, 0.05) is 5.56 Å². The van der Waals surface area contributed by atoms with Crippen molar-refractivity contribution in [3.05, 3.63) is 29.8 Å². The van der Waals surface area contributed by atoms with Gasteiger partial charge in [-0.2, -0.15) is 0 Å². The molecule has 0 fully saturated rings. The van der Waals surface area contributed by atoms with Crippen molar-refractivity contribution in [1.82, 2.24) is 4.98 Å². The molecule has 0 saturated carbocycles. The number of fused-ring (bicyclic) bond motifs is 1. The summed E-state index contributed by atoms with van der Waals surface area (Å²) < 4.78 is 0. The Hall–Kier alpha value is -1.09. The maximum atomic E-state index is 11.0. The normalized spacial score (nSPS) is 17.0. The van der Waals surface area contributed by atoms with Gasteiger partial charge in [0.15, 0.2) is 9.68 Å². The van der Waals surface area contributed by atoms with Crippen LogP contribution in [-0.4, -0.2) is 15.6 Å². The lowest BCUT2D eigenvalue weighted by atomic mass is 10.2. The summed E-state index contributed by atoms with van der Waals surface area (Å²) in [6.45, 7) is 0. The van der Waals surface area contributed by atoms with Crippen LogP contribution in [0.25, 0.3) is 0 Å². The Kier molecular flexibility index (Phi) is 1.11. The van der Waals surface area contributed by atoms with Crippen molar-refractivity contribution in [3.63, 3.8) is 0 Å². The molecule has 0 bridgehead atoms. The number of benzene rings is 1. The summed E-state index contributed by atoms with van der Waals surface area (Å²) in [7, 11) is -0.455. The zero-order valence-electron chi connectivity index (χ0n) is 5.42. The molecule has 2 rings (SSSR count). The molecule has 1 aliphatic rings. The summed E-state index contributed by atoms with van der Waals surface area (Å²) >= 11 is 0. The predicted molar refractivity (Wildman–Crippen MR) is 42.1 cm³/mol. The molecule has 3 heteroatoms. The lowest BCUT2D eigenvalue weighted by Gasteiger charge is -1.90. The first kappa shape index (κ1) is 5.67. The van der Waals surface area contributed by atoms with E-state index >= 15 is 0 Å². The van der Waals surface area contributed by atoms with Crippen molar-refractivity contribution < 1.29 is 4.79 Å². The first-order valence-corrected chi connectivity index (χ1v) is 4.65. The van der Waals surface area contributed by atoms with Crippen LogP contribution in [-0.2, 0) is 0 Å². The molecular weight excluding hydrogens is 142 g/mol. The van der Waals surface area contributed by atoms with E-state index in [1.165, 1.54) is 5.19 Å². The van der Waals surface area contributed by atoms with Crippen molar-refractivity contribution >= 4 is 20.8 Å². The van der Waals surface area contributed by atoms with Crippen LogP contribution in [0.5, 0.6) is 0 Å². The number of amides is 1. The highest BCUT2D eigenvalue weighted by Crippen LogP contribution is 1.98. The number of carbonyl (C=O) groups is 1. The van der Waals surface area contributed by atoms with E-state index in [2.05, 4.69) is 4.98 Å². The van der Waals surface area contributed by atoms with Crippen LogP contribution in [0.4, 0.5) is 0 Å². The molecule has 10 heavy (non-hydrogen) atoms. The molecule has 0 atom stereocenters. The van der Waals surface area contributed by atoms with Gasteiger partial charge in [0.2, 0.25) is 5.91 Å². The van der Waals surface area contributed by atoms with E-state index in [9.17, 15) is 4.79 Å². The van der Waals surface area contributed by atoms with Crippen LogP contribution in [0.15, 0.2) is 24.3 Å². The van der Waals surface area contributed by atoms with Crippen LogP contribution in [0.1, 0.15) is 10.4 Å². The minimum Gasteiger partial charge on any atom is -0.379 e. The van der Waals surface area contributed by atoms with Crippen molar-refractivity contribution in [3.8, 4) is 0 Å². The minimum atomic E-state index is -0.455. The molecule has 1 heterocycles. The Bertz CT molecular complexity index is 285. The summed E-state index contributed by atoms with van der Waals surface area (Å²) in [6.07, 6.45) is 0. The lowest BCUT2D eigenvalue weighted by molar-refractivity contribution is 0.0986. The quantitative estimate of drug-likeness (QED) is 0.478. The lowest BCUT2D eigenvalue weighted by Crippen LogP contribution is -2.21. The molecule has 1 N–H and O–H groups in total. The molecule has 1 aromatic rings. The van der Waals surface area contributed by atoms with E-state index in [0.29, 0.717) is 0 Å².